The summed E-state index contributed by atoms with van der Waals surface area (Å²) in [6.45, 7) is 0. The number of thioether (sulfide) groups is 1. The van der Waals surface area contributed by atoms with Gasteiger partial charge in [-0.25, -0.2) is 0 Å². The van der Waals surface area contributed by atoms with Gasteiger partial charge in [0.25, 0.3) is 0 Å². The first-order chi connectivity index (χ1) is 3.43. The average molecular weight is 115 g/mol. The van der Waals surface area contributed by atoms with E-state index in [0.717, 1.165) is 12.2 Å². The summed E-state index contributed by atoms with van der Waals surface area (Å²) in [5.41, 5.74) is 0. The maximum Gasteiger partial charge on any atom is 0.138 e. The van der Waals surface area contributed by atoms with Crippen molar-refractivity contribution in [3.8, 4) is 0 Å². The second kappa shape index (κ2) is 2.12. The van der Waals surface area contributed by atoms with Crippen molar-refractivity contribution in [1.29, 1.82) is 0 Å². The predicted molar refractivity (Wildman–Crippen MR) is 30.8 cm³/mol. The number of hydrogen-bond acceptors (Lipinski definition) is 3. The molecule has 2 nitrogen and oxygen atoms in total. The molecule has 1 unspecified atom stereocenters. The highest BCUT2D eigenvalue weighted by Crippen LogP contribution is 2.11. The van der Waals surface area contributed by atoms with Crippen LogP contribution >= 0.6 is 11.8 Å². The summed E-state index contributed by atoms with van der Waals surface area (Å²) in [5.74, 6) is 0.753. The van der Waals surface area contributed by atoms with E-state index in [1.54, 1.807) is 18.0 Å². The van der Waals surface area contributed by atoms with Crippen molar-refractivity contribution in [2.24, 2.45) is 4.99 Å². The van der Waals surface area contributed by atoms with E-state index >= 15 is 0 Å². The number of rotatable bonds is 1. The van der Waals surface area contributed by atoms with E-state index < -0.39 is 0 Å². The summed E-state index contributed by atoms with van der Waals surface area (Å²) in [7, 11) is 0. The monoisotopic (exact) mass is 115 g/mol. The normalized spacial score (nSPS) is 28.3. The number of carbonyl (C=O) groups excluding carboxylic acids is 1. The third-order valence-electron chi connectivity index (χ3n) is 0.728. The molecule has 0 fully saturated rings. The standard InChI is InChI=1S/C4H5NOS/c6-2-4-1-5-3-7-4/h1-2,4H,3H2. The Morgan fingerprint density at radius 2 is 2.86 bits per heavy atom. The predicted octanol–water partition coefficient (Wildman–Crippen LogP) is 0.329. The Labute approximate surface area is 46.0 Å². The van der Waals surface area contributed by atoms with E-state index in [1.807, 2.05) is 0 Å². The fourth-order valence-electron chi connectivity index (χ4n) is 0.393. The Morgan fingerprint density at radius 3 is 3.14 bits per heavy atom. The van der Waals surface area contributed by atoms with Gasteiger partial charge in [-0.05, 0) is 0 Å². The third kappa shape index (κ3) is 1.03. The maximum absolute atomic E-state index is 9.90. The number of aldehydes is 1. The molecule has 1 atom stereocenters. The molecule has 0 amide bonds. The molecule has 0 saturated carbocycles. The molecular formula is C4H5NOS. The summed E-state index contributed by atoms with van der Waals surface area (Å²) in [6.07, 6.45) is 2.58. The Bertz CT molecular complexity index is 102. The van der Waals surface area contributed by atoms with Crippen molar-refractivity contribution >= 4 is 24.3 Å². The van der Waals surface area contributed by atoms with Crippen molar-refractivity contribution in [2.75, 3.05) is 5.88 Å². The van der Waals surface area contributed by atoms with Crippen LogP contribution in [0.5, 0.6) is 0 Å². The van der Waals surface area contributed by atoms with Gasteiger partial charge in [-0.2, -0.15) is 0 Å². The molecule has 1 aliphatic rings. The lowest BCUT2D eigenvalue weighted by atomic mass is 10.5. The second-order valence-corrected chi connectivity index (χ2v) is 2.36. The van der Waals surface area contributed by atoms with Gasteiger partial charge < -0.3 is 4.79 Å². The molecule has 1 heterocycles. The summed E-state index contributed by atoms with van der Waals surface area (Å²) in [6, 6.07) is 0. The van der Waals surface area contributed by atoms with Crippen molar-refractivity contribution in [2.45, 2.75) is 5.25 Å². The zero-order chi connectivity index (χ0) is 5.11. The van der Waals surface area contributed by atoms with Crippen LogP contribution in [0.4, 0.5) is 0 Å². The maximum atomic E-state index is 9.90. The van der Waals surface area contributed by atoms with Gasteiger partial charge in [0.2, 0.25) is 0 Å². The minimum absolute atomic E-state index is 0.0417. The zero-order valence-corrected chi connectivity index (χ0v) is 4.52. The van der Waals surface area contributed by atoms with Gasteiger partial charge in [0.15, 0.2) is 0 Å². The molecule has 0 aromatic carbocycles. The lowest BCUT2D eigenvalue weighted by Gasteiger charge is -1.86. The topological polar surface area (TPSA) is 29.4 Å². The largest absolute Gasteiger partial charge is 0.302 e. The zero-order valence-electron chi connectivity index (χ0n) is 3.70. The fraction of sp³-hybridized carbons (Fsp3) is 0.500. The smallest absolute Gasteiger partial charge is 0.138 e. The minimum Gasteiger partial charge on any atom is -0.302 e. The molecule has 0 radical (unpaired) electrons. The number of carbonyl (C=O) groups is 1. The quantitative estimate of drug-likeness (QED) is 0.461. The molecule has 0 aliphatic carbocycles. The van der Waals surface area contributed by atoms with E-state index in [0.29, 0.717) is 0 Å². The highest BCUT2D eigenvalue weighted by atomic mass is 32.2. The summed E-state index contributed by atoms with van der Waals surface area (Å²) in [5, 5.41) is 0.0417. The Hall–Kier alpha value is -0.310. The minimum atomic E-state index is 0.0417. The molecule has 0 bridgehead atoms. The molecule has 0 aromatic heterocycles. The first-order valence-electron chi connectivity index (χ1n) is 2.00. The van der Waals surface area contributed by atoms with Crippen molar-refractivity contribution < 1.29 is 4.79 Å². The highest BCUT2D eigenvalue weighted by molar-refractivity contribution is 8.01. The molecule has 0 aromatic rings. The molecule has 0 saturated heterocycles. The number of hydrogen-bond donors (Lipinski definition) is 0. The molecule has 1 rings (SSSR count). The summed E-state index contributed by atoms with van der Waals surface area (Å²) >= 11 is 1.55. The first-order valence-corrected chi connectivity index (χ1v) is 3.05. The van der Waals surface area contributed by atoms with Gasteiger partial charge in [0, 0.05) is 6.21 Å². The van der Waals surface area contributed by atoms with Crippen molar-refractivity contribution in [1.82, 2.24) is 0 Å². The van der Waals surface area contributed by atoms with Gasteiger partial charge >= 0.3 is 0 Å². The molecule has 1 aliphatic heterocycles. The van der Waals surface area contributed by atoms with E-state index in [-0.39, 0.29) is 5.25 Å². The van der Waals surface area contributed by atoms with Crippen molar-refractivity contribution in [3.05, 3.63) is 0 Å². The van der Waals surface area contributed by atoms with Gasteiger partial charge in [0.1, 0.15) is 6.29 Å². The lowest BCUT2D eigenvalue weighted by molar-refractivity contribution is -0.106. The number of nitrogens with zero attached hydrogens (tertiary/aromatic N) is 1. The van der Waals surface area contributed by atoms with Crippen LogP contribution in [-0.2, 0) is 4.79 Å². The molecule has 38 valence electrons. The Balaban J connectivity index is 2.42. The Kier molecular flexibility index (Phi) is 1.46. The van der Waals surface area contributed by atoms with Crippen LogP contribution in [0.25, 0.3) is 0 Å². The van der Waals surface area contributed by atoms with E-state index in [1.165, 1.54) is 0 Å². The van der Waals surface area contributed by atoms with E-state index in [4.69, 9.17) is 0 Å². The average Bonchev–Trinajstić information content (AvgIpc) is 2.14. The van der Waals surface area contributed by atoms with Crippen molar-refractivity contribution in [3.63, 3.8) is 0 Å². The van der Waals surface area contributed by atoms with Crippen LogP contribution in [0.1, 0.15) is 0 Å². The molecular weight excluding hydrogens is 110 g/mol. The van der Waals surface area contributed by atoms with Crippen LogP contribution < -0.4 is 0 Å². The molecule has 0 spiro atoms. The Morgan fingerprint density at radius 1 is 2.00 bits per heavy atom. The van der Waals surface area contributed by atoms with Crippen LogP contribution in [0, 0.1) is 0 Å². The van der Waals surface area contributed by atoms with Crippen LogP contribution in [0.3, 0.4) is 0 Å². The molecule has 3 heteroatoms. The fourth-order valence-corrected chi connectivity index (χ4v) is 0.988. The van der Waals surface area contributed by atoms with Gasteiger partial charge in [-0.1, -0.05) is 0 Å². The summed E-state index contributed by atoms with van der Waals surface area (Å²) in [4.78, 5) is 13.7. The first kappa shape index (κ1) is 4.84. The van der Waals surface area contributed by atoms with Crippen LogP contribution in [-0.4, -0.2) is 23.6 Å². The third-order valence-corrected chi connectivity index (χ3v) is 1.64. The lowest BCUT2D eigenvalue weighted by Crippen LogP contribution is -1.99. The molecule has 7 heavy (non-hydrogen) atoms. The second-order valence-electron chi connectivity index (χ2n) is 1.23. The van der Waals surface area contributed by atoms with Gasteiger partial charge in [0.05, 0.1) is 11.1 Å². The SMILES string of the molecule is O=CC1C=NCS1. The highest BCUT2D eigenvalue weighted by Gasteiger charge is 2.06. The van der Waals surface area contributed by atoms with Gasteiger partial charge in [-0.15, -0.1) is 11.8 Å². The number of aliphatic imine (C=N–C) groups is 1. The van der Waals surface area contributed by atoms with Crippen LogP contribution in [0.15, 0.2) is 4.99 Å². The van der Waals surface area contributed by atoms with Gasteiger partial charge in [-0.3, -0.25) is 4.99 Å². The molecule has 0 N–H and O–H groups in total. The van der Waals surface area contributed by atoms with Crippen LogP contribution in [0.2, 0.25) is 0 Å². The summed E-state index contributed by atoms with van der Waals surface area (Å²) < 4.78 is 0. The van der Waals surface area contributed by atoms with E-state index in [9.17, 15) is 4.79 Å². The van der Waals surface area contributed by atoms with E-state index in [2.05, 4.69) is 4.99 Å².